The first-order chi connectivity index (χ1) is 8.88. The SMILES string of the molecule is O=Cc1cc2occc2c2[nH]c3ccccc3c12. The first-order valence-electron chi connectivity index (χ1n) is 5.74. The zero-order chi connectivity index (χ0) is 12.1. The van der Waals surface area contributed by atoms with Gasteiger partial charge in [-0.1, -0.05) is 18.2 Å². The predicted molar refractivity (Wildman–Crippen MR) is 71.0 cm³/mol. The van der Waals surface area contributed by atoms with Crippen molar-refractivity contribution < 1.29 is 9.21 Å². The summed E-state index contributed by atoms with van der Waals surface area (Å²) in [6.45, 7) is 0. The molecule has 4 aromatic rings. The molecule has 1 N–H and O–H groups in total. The molecule has 0 aliphatic heterocycles. The third kappa shape index (κ3) is 1.06. The topological polar surface area (TPSA) is 46.0 Å². The lowest BCUT2D eigenvalue weighted by atomic mass is 10.1. The van der Waals surface area contributed by atoms with Gasteiger partial charge in [-0.15, -0.1) is 0 Å². The van der Waals surface area contributed by atoms with Gasteiger partial charge in [-0.2, -0.15) is 0 Å². The van der Waals surface area contributed by atoms with E-state index in [-0.39, 0.29) is 0 Å². The lowest BCUT2D eigenvalue weighted by Crippen LogP contribution is -1.82. The zero-order valence-corrected chi connectivity index (χ0v) is 9.44. The maximum atomic E-state index is 11.3. The molecule has 4 rings (SSSR count). The Hall–Kier alpha value is -2.55. The summed E-state index contributed by atoms with van der Waals surface area (Å²) in [4.78, 5) is 14.6. The second kappa shape index (κ2) is 3.23. The van der Waals surface area contributed by atoms with Crippen LogP contribution in [0.2, 0.25) is 0 Å². The van der Waals surface area contributed by atoms with Crippen LogP contribution in [0.1, 0.15) is 10.4 Å². The maximum absolute atomic E-state index is 11.3. The Bertz CT molecular complexity index is 899. The summed E-state index contributed by atoms with van der Waals surface area (Å²) < 4.78 is 5.39. The fourth-order valence-electron chi connectivity index (χ4n) is 2.59. The van der Waals surface area contributed by atoms with E-state index in [1.165, 1.54) is 0 Å². The summed E-state index contributed by atoms with van der Waals surface area (Å²) in [5, 5.41) is 3.04. The van der Waals surface area contributed by atoms with Crippen molar-refractivity contribution in [1.29, 1.82) is 0 Å². The maximum Gasteiger partial charge on any atom is 0.150 e. The summed E-state index contributed by atoms with van der Waals surface area (Å²) >= 11 is 0. The number of benzene rings is 2. The van der Waals surface area contributed by atoms with Gasteiger partial charge >= 0.3 is 0 Å². The molecule has 0 spiro atoms. The Morgan fingerprint density at radius 1 is 1.11 bits per heavy atom. The van der Waals surface area contributed by atoms with Crippen LogP contribution in [0.15, 0.2) is 47.1 Å². The summed E-state index contributed by atoms with van der Waals surface area (Å²) in [7, 11) is 0. The molecule has 0 aliphatic rings. The molecule has 0 saturated carbocycles. The summed E-state index contributed by atoms with van der Waals surface area (Å²) in [6, 6.07) is 11.7. The highest BCUT2D eigenvalue weighted by molar-refractivity contribution is 6.21. The highest BCUT2D eigenvalue weighted by Crippen LogP contribution is 2.33. The van der Waals surface area contributed by atoms with Crippen LogP contribution in [0.25, 0.3) is 32.8 Å². The van der Waals surface area contributed by atoms with Crippen LogP contribution in [-0.4, -0.2) is 11.3 Å². The number of aromatic amines is 1. The molecule has 2 aromatic heterocycles. The van der Waals surface area contributed by atoms with Gasteiger partial charge in [0.15, 0.2) is 6.29 Å². The molecule has 18 heavy (non-hydrogen) atoms. The van der Waals surface area contributed by atoms with Gasteiger partial charge < -0.3 is 9.40 Å². The quantitative estimate of drug-likeness (QED) is 0.509. The van der Waals surface area contributed by atoms with Gasteiger partial charge in [-0.3, -0.25) is 4.79 Å². The molecule has 3 heteroatoms. The van der Waals surface area contributed by atoms with E-state index in [4.69, 9.17) is 4.42 Å². The Labute approximate surface area is 102 Å². The third-order valence-electron chi connectivity index (χ3n) is 3.37. The van der Waals surface area contributed by atoms with E-state index < -0.39 is 0 Å². The van der Waals surface area contributed by atoms with E-state index >= 15 is 0 Å². The average molecular weight is 235 g/mol. The van der Waals surface area contributed by atoms with Gasteiger partial charge in [-0.05, 0) is 18.2 Å². The van der Waals surface area contributed by atoms with E-state index in [0.717, 1.165) is 39.1 Å². The van der Waals surface area contributed by atoms with Crippen molar-refractivity contribution in [1.82, 2.24) is 4.98 Å². The number of aromatic nitrogens is 1. The molecule has 0 amide bonds. The van der Waals surface area contributed by atoms with Gasteiger partial charge in [0.05, 0.1) is 11.8 Å². The second-order valence-corrected chi connectivity index (χ2v) is 4.34. The molecule has 2 heterocycles. The van der Waals surface area contributed by atoms with Crippen LogP contribution < -0.4 is 0 Å². The minimum atomic E-state index is 0.657. The number of fused-ring (bicyclic) bond motifs is 5. The normalized spacial score (nSPS) is 11.6. The number of hydrogen-bond acceptors (Lipinski definition) is 2. The Morgan fingerprint density at radius 2 is 2.00 bits per heavy atom. The number of furan rings is 1. The Morgan fingerprint density at radius 3 is 2.89 bits per heavy atom. The number of rotatable bonds is 1. The molecule has 0 saturated heterocycles. The fraction of sp³-hybridized carbons (Fsp3) is 0. The van der Waals surface area contributed by atoms with Gasteiger partial charge in [0.1, 0.15) is 5.58 Å². The van der Waals surface area contributed by atoms with Crippen molar-refractivity contribution in [3.05, 3.63) is 48.2 Å². The molecule has 0 bridgehead atoms. The van der Waals surface area contributed by atoms with Crippen LogP contribution in [0.4, 0.5) is 0 Å². The minimum absolute atomic E-state index is 0.657. The zero-order valence-electron chi connectivity index (χ0n) is 9.44. The Balaban J connectivity index is 2.40. The molecule has 0 aliphatic carbocycles. The molecular formula is C15H9NO2. The van der Waals surface area contributed by atoms with Crippen molar-refractivity contribution in [3.8, 4) is 0 Å². The monoisotopic (exact) mass is 235 g/mol. The molecular weight excluding hydrogens is 226 g/mol. The number of nitrogens with one attached hydrogen (secondary N) is 1. The standard InChI is InChI=1S/C15H9NO2/c17-8-9-7-13-11(5-6-18-13)15-14(9)10-3-1-2-4-12(10)16-15/h1-8,16H. The summed E-state index contributed by atoms with van der Waals surface area (Å²) in [5.74, 6) is 0. The first-order valence-corrected chi connectivity index (χ1v) is 5.74. The van der Waals surface area contributed by atoms with Crippen molar-refractivity contribution >= 4 is 39.1 Å². The van der Waals surface area contributed by atoms with E-state index in [2.05, 4.69) is 4.98 Å². The average Bonchev–Trinajstić information content (AvgIpc) is 3.01. The number of carbonyl (C=O) groups is 1. The smallest absolute Gasteiger partial charge is 0.150 e. The molecule has 0 fully saturated rings. The molecule has 0 unspecified atom stereocenters. The lowest BCUT2D eigenvalue weighted by Gasteiger charge is -1.97. The van der Waals surface area contributed by atoms with Crippen LogP contribution in [0.3, 0.4) is 0 Å². The molecule has 3 nitrogen and oxygen atoms in total. The molecule has 86 valence electrons. The van der Waals surface area contributed by atoms with E-state index in [1.54, 1.807) is 12.3 Å². The van der Waals surface area contributed by atoms with Crippen LogP contribution in [0, 0.1) is 0 Å². The lowest BCUT2D eigenvalue weighted by molar-refractivity contribution is 0.112. The van der Waals surface area contributed by atoms with Crippen LogP contribution in [-0.2, 0) is 0 Å². The number of carbonyl (C=O) groups excluding carboxylic acids is 1. The number of H-pyrrole nitrogens is 1. The minimum Gasteiger partial charge on any atom is -0.464 e. The highest BCUT2D eigenvalue weighted by Gasteiger charge is 2.13. The first kappa shape index (κ1) is 9.48. The van der Waals surface area contributed by atoms with E-state index in [0.29, 0.717) is 5.56 Å². The largest absolute Gasteiger partial charge is 0.464 e. The third-order valence-corrected chi connectivity index (χ3v) is 3.37. The molecule has 2 aromatic carbocycles. The molecule has 0 atom stereocenters. The summed E-state index contributed by atoms with van der Waals surface area (Å²) in [5.41, 5.74) is 3.38. The van der Waals surface area contributed by atoms with Crippen molar-refractivity contribution in [2.75, 3.05) is 0 Å². The second-order valence-electron chi connectivity index (χ2n) is 4.34. The summed E-state index contributed by atoms with van der Waals surface area (Å²) in [6.07, 6.45) is 2.52. The highest BCUT2D eigenvalue weighted by atomic mass is 16.3. The van der Waals surface area contributed by atoms with Gasteiger partial charge in [0, 0.05) is 27.2 Å². The Kier molecular flexibility index (Phi) is 1.70. The molecule has 0 radical (unpaired) electrons. The van der Waals surface area contributed by atoms with Crippen LogP contribution >= 0.6 is 0 Å². The number of aldehydes is 1. The van der Waals surface area contributed by atoms with Crippen LogP contribution in [0.5, 0.6) is 0 Å². The van der Waals surface area contributed by atoms with Gasteiger partial charge in [0.2, 0.25) is 0 Å². The van der Waals surface area contributed by atoms with Gasteiger partial charge in [0.25, 0.3) is 0 Å². The van der Waals surface area contributed by atoms with E-state index in [9.17, 15) is 4.79 Å². The number of para-hydroxylation sites is 1. The van der Waals surface area contributed by atoms with Crippen molar-refractivity contribution in [2.45, 2.75) is 0 Å². The van der Waals surface area contributed by atoms with Crippen molar-refractivity contribution in [2.24, 2.45) is 0 Å². The predicted octanol–water partition coefficient (Wildman–Crippen LogP) is 3.88. The fourth-order valence-corrected chi connectivity index (χ4v) is 2.59. The van der Waals surface area contributed by atoms with Gasteiger partial charge in [-0.25, -0.2) is 0 Å². The van der Waals surface area contributed by atoms with E-state index in [1.807, 2.05) is 30.3 Å². The number of hydrogen-bond donors (Lipinski definition) is 1. The van der Waals surface area contributed by atoms with Crippen molar-refractivity contribution in [3.63, 3.8) is 0 Å².